The van der Waals surface area contributed by atoms with Gasteiger partial charge in [0.15, 0.2) is 11.5 Å². The summed E-state index contributed by atoms with van der Waals surface area (Å²) in [7, 11) is 0. The van der Waals surface area contributed by atoms with E-state index in [1.807, 2.05) is 18.2 Å². The first-order valence-corrected chi connectivity index (χ1v) is 10.9. The van der Waals surface area contributed by atoms with Gasteiger partial charge in [0.25, 0.3) is 5.91 Å². The number of rotatable bonds is 4. The zero-order valence-corrected chi connectivity index (χ0v) is 17.6. The maximum absolute atomic E-state index is 14.5. The first-order valence-electron chi connectivity index (χ1n) is 10.9. The van der Waals surface area contributed by atoms with Crippen LogP contribution in [-0.4, -0.2) is 47.5 Å². The third kappa shape index (κ3) is 3.90. The van der Waals surface area contributed by atoms with E-state index >= 15 is 0 Å². The van der Waals surface area contributed by atoms with Crippen LogP contribution in [0.15, 0.2) is 47.6 Å². The van der Waals surface area contributed by atoms with Crippen molar-refractivity contribution in [3.63, 3.8) is 0 Å². The summed E-state index contributed by atoms with van der Waals surface area (Å²) in [4.78, 5) is 15.6. The molecule has 7 heteroatoms. The molecule has 162 valence electrons. The molecular formula is C24H26FN3O3. The van der Waals surface area contributed by atoms with Crippen LogP contribution < -0.4 is 9.47 Å². The average Bonchev–Trinajstić information content (AvgIpc) is 3.42. The van der Waals surface area contributed by atoms with Gasteiger partial charge >= 0.3 is 0 Å². The van der Waals surface area contributed by atoms with E-state index in [9.17, 15) is 9.18 Å². The Bertz CT molecular complexity index is 1020. The van der Waals surface area contributed by atoms with Gasteiger partial charge in [0.1, 0.15) is 5.82 Å². The van der Waals surface area contributed by atoms with E-state index in [0.717, 1.165) is 24.9 Å². The van der Waals surface area contributed by atoms with Crippen LogP contribution in [0.25, 0.3) is 0 Å². The highest BCUT2D eigenvalue weighted by molar-refractivity contribution is 6.03. The Hall–Kier alpha value is -2.93. The topological polar surface area (TPSA) is 54.4 Å². The Morgan fingerprint density at radius 2 is 2.00 bits per heavy atom. The number of hydrogen-bond donors (Lipinski definition) is 0. The van der Waals surface area contributed by atoms with E-state index in [1.54, 1.807) is 23.2 Å². The molecule has 1 amide bonds. The Morgan fingerprint density at radius 3 is 2.84 bits per heavy atom. The van der Waals surface area contributed by atoms with Crippen LogP contribution in [0.1, 0.15) is 49.8 Å². The predicted molar refractivity (Wildman–Crippen MR) is 115 cm³/mol. The van der Waals surface area contributed by atoms with Gasteiger partial charge in [-0.25, -0.2) is 9.40 Å². The average molecular weight is 423 g/mol. The van der Waals surface area contributed by atoms with Crippen LogP contribution >= 0.6 is 0 Å². The van der Waals surface area contributed by atoms with Crippen molar-refractivity contribution in [3.05, 3.63) is 59.4 Å². The second-order valence-corrected chi connectivity index (χ2v) is 8.41. The highest BCUT2D eigenvalue weighted by Gasteiger charge is 2.36. The molecule has 2 unspecified atom stereocenters. The van der Waals surface area contributed by atoms with Crippen molar-refractivity contribution in [2.45, 2.75) is 44.7 Å². The minimum atomic E-state index is -0.329. The summed E-state index contributed by atoms with van der Waals surface area (Å²) in [6, 6.07) is 12.3. The van der Waals surface area contributed by atoms with Gasteiger partial charge in [-0.1, -0.05) is 30.7 Å². The van der Waals surface area contributed by atoms with Crippen molar-refractivity contribution in [3.8, 4) is 11.5 Å². The summed E-state index contributed by atoms with van der Waals surface area (Å²) in [6.45, 7) is 3.59. The summed E-state index contributed by atoms with van der Waals surface area (Å²) in [6.07, 6.45) is 3.85. The van der Waals surface area contributed by atoms with Crippen LogP contribution in [-0.2, 0) is 4.79 Å². The lowest BCUT2D eigenvalue weighted by atomic mass is 9.97. The minimum absolute atomic E-state index is 0.0669. The number of hydrazone groups is 1. The number of halogens is 1. The van der Waals surface area contributed by atoms with Crippen LogP contribution in [0, 0.1) is 5.82 Å². The molecule has 0 spiro atoms. The van der Waals surface area contributed by atoms with Gasteiger partial charge in [0.05, 0.1) is 18.3 Å². The Labute approximate surface area is 181 Å². The lowest BCUT2D eigenvalue weighted by molar-refractivity contribution is -0.135. The van der Waals surface area contributed by atoms with Gasteiger partial charge in [-0.05, 0) is 50.1 Å². The maximum Gasteiger partial charge on any atom is 0.257 e. The summed E-state index contributed by atoms with van der Waals surface area (Å²) < 4.78 is 25.4. The second-order valence-electron chi connectivity index (χ2n) is 8.41. The van der Waals surface area contributed by atoms with Crippen molar-refractivity contribution in [2.75, 3.05) is 19.9 Å². The van der Waals surface area contributed by atoms with E-state index < -0.39 is 0 Å². The van der Waals surface area contributed by atoms with Crippen LogP contribution in [0.5, 0.6) is 11.5 Å². The number of amides is 1. The van der Waals surface area contributed by atoms with Crippen molar-refractivity contribution in [2.24, 2.45) is 5.10 Å². The first-order chi connectivity index (χ1) is 15.1. The molecule has 2 aromatic rings. The van der Waals surface area contributed by atoms with Crippen molar-refractivity contribution in [1.82, 2.24) is 9.91 Å². The molecule has 6 nitrogen and oxygen atoms in total. The molecule has 2 atom stereocenters. The fourth-order valence-electron chi connectivity index (χ4n) is 4.62. The normalized spacial score (nSPS) is 23.2. The van der Waals surface area contributed by atoms with E-state index in [2.05, 4.69) is 16.9 Å². The summed E-state index contributed by atoms with van der Waals surface area (Å²) >= 11 is 0. The lowest BCUT2D eigenvalue weighted by Gasteiger charge is -2.34. The van der Waals surface area contributed by atoms with Gasteiger partial charge in [-0.3, -0.25) is 9.69 Å². The number of likely N-dealkylation sites (tertiary alicyclic amines) is 1. The van der Waals surface area contributed by atoms with E-state index in [1.165, 1.54) is 12.5 Å². The molecule has 0 N–H and O–H groups in total. The summed E-state index contributed by atoms with van der Waals surface area (Å²) in [5.74, 6) is 0.957. The van der Waals surface area contributed by atoms with E-state index in [0.29, 0.717) is 41.8 Å². The van der Waals surface area contributed by atoms with Gasteiger partial charge in [0.2, 0.25) is 6.79 Å². The number of benzene rings is 2. The maximum atomic E-state index is 14.5. The molecule has 0 radical (unpaired) electrons. The Balaban J connectivity index is 1.45. The van der Waals surface area contributed by atoms with Gasteiger partial charge in [-0.2, -0.15) is 5.10 Å². The number of hydrogen-bond acceptors (Lipinski definition) is 5. The molecule has 2 aromatic carbocycles. The molecule has 0 aromatic heterocycles. The molecule has 0 saturated carbocycles. The molecule has 3 heterocycles. The highest BCUT2D eigenvalue weighted by atomic mass is 19.1. The number of ether oxygens (including phenoxy) is 2. The highest BCUT2D eigenvalue weighted by Crippen LogP contribution is 2.39. The van der Waals surface area contributed by atoms with Crippen molar-refractivity contribution >= 4 is 11.6 Å². The number of carbonyl (C=O) groups excluding carboxylic acids is 1. The molecule has 31 heavy (non-hydrogen) atoms. The largest absolute Gasteiger partial charge is 0.454 e. The molecule has 0 bridgehead atoms. The van der Waals surface area contributed by atoms with Gasteiger partial charge < -0.3 is 9.47 Å². The molecular weight excluding hydrogens is 397 g/mol. The van der Waals surface area contributed by atoms with E-state index in [-0.39, 0.29) is 24.6 Å². The third-order valence-electron chi connectivity index (χ3n) is 6.41. The Morgan fingerprint density at radius 1 is 1.16 bits per heavy atom. The molecule has 1 saturated heterocycles. The van der Waals surface area contributed by atoms with Crippen molar-refractivity contribution < 1.29 is 18.7 Å². The van der Waals surface area contributed by atoms with Crippen LogP contribution in [0.3, 0.4) is 0 Å². The number of nitrogens with zero attached hydrogens (tertiary/aromatic N) is 3. The molecule has 3 aliphatic rings. The van der Waals surface area contributed by atoms with Crippen LogP contribution in [0.4, 0.5) is 4.39 Å². The predicted octanol–water partition coefficient (Wildman–Crippen LogP) is 4.11. The Kier molecular flexibility index (Phi) is 5.36. The summed E-state index contributed by atoms with van der Waals surface area (Å²) in [5.41, 5.74) is 1.93. The molecule has 1 fully saturated rings. The van der Waals surface area contributed by atoms with Crippen molar-refractivity contribution in [1.29, 1.82) is 0 Å². The fraction of sp³-hybridized carbons (Fsp3) is 0.417. The molecule has 5 rings (SSSR count). The third-order valence-corrected chi connectivity index (χ3v) is 6.41. The standard InChI is InChI=1S/C24H26FN3O3/c1-16-6-4-5-11-27(16)14-24(29)28-21(17-9-10-22-23(12-17)31-15-30-22)13-20(26-28)18-7-2-3-8-19(18)25/h2-3,7-10,12,16,21H,4-6,11,13-15H2,1H3. The minimum Gasteiger partial charge on any atom is -0.454 e. The zero-order chi connectivity index (χ0) is 21.4. The van der Waals surface area contributed by atoms with Gasteiger partial charge in [-0.15, -0.1) is 0 Å². The quantitative estimate of drug-likeness (QED) is 0.743. The second kappa shape index (κ2) is 8.30. The van der Waals surface area contributed by atoms with Crippen LogP contribution in [0.2, 0.25) is 0 Å². The zero-order valence-electron chi connectivity index (χ0n) is 17.6. The smallest absolute Gasteiger partial charge is 0.257 e. The summed E-state index contributed by atoms with van der Waals surface area (Å²) in [5, 5.41) is 6.16. The lowest BCUT2D eigenvalue weighted by Crippen LogP contribution is -2.44. The van der Waals surface area contributed by atoms with E-state index in [4.69, 9.17) is 9.47 Å². The number of piperidine rings is 1. The first kappa shape index (κ1) is 20.0. The molecule has 3 aliphatic heterocycles. The molecule has 0 aliphatic carbocycles. The van der Waals surface area contributed by atoms with Gasteiger partial charge in [0, 0.05) is 18.0 Å². The SMILES string of the molecule is CC1CCCCN1CC(=O)N1N=C(c2ccccc2F)CC1c1ccc2c(c1)OCO2. The monoisotopic (exact) mass is 423 g/mol. The number of fused-ring (bicyclic) bond motifs is 1. The fourth-order valence-corrected chi connectivity index (χ4v) is 4.62. The number of carbonyl (C=O) groups is 1.